The van der Waals surface area contributed by atoms with Crippen molar-refractivity contribution in [2.75, 3.05) is 0 Å². The highest BCUT2D eigenvalue weighted by Gasteiger charge is 2.86. The van der Waals surface area contributed by atoms with Crippen LogP contribution in [0.15, 0.2) is 11.6 Å². The number of hydrogen-bond acceptors (Lipinski definition) is 11. The van der Waals surface area contributed by atoms with E-state index in [2.05, 4.69) is 0 Å². The first kappa shape index (κ1) is 29.5. The Morgan fingerprint density at radius 1 is 1.05 bits per heavy atom. The van der Waals surface area contributed by atoms with E-state index < -0.39 is 89.0 Å². The summed E-state index contributed by atoms with van der Waals surface area (Å²) in [5, 5.41) is 23.4. The Kier molecular flexibility index (Phi) is 7.68. The van der Waals surface area contributed by atoms with E-state index in [1.807, 2.05) is 6.92 Å². The normalized spacial score (nSPS) is 44.9. The molecule has 39 heavy (non-hydrogen) atoms. The van der Waals surface area contributed by atoms with E-state index in [1.165, 1.54) is 13.8 Å². The van der Waals surface area contributed by atoms with Crippen LogP contribution in [0, 0.1) is 17.3 Å². The molecule has 2 aliphatic carbocycles. The number of ether oxygens (including phenoxy) is 5. The molecule has 0 radical (unpaired) electrons. The lowest BCUT2D eigenvalue weighted by atomic mass is 9.53. The molecule has 0 amide bonds. The third-order valence-electron chi connectivity index (χ3n) is 9.34. The summed E-state index contributed by atoms with van der Waals surface area (Å²) in [4.78, 5) is 50.2. The van der Waals surface area contributed by atoms with Gasteiger partial charge in [0.15, 0.2) is 17.3 Å². The van der Waals surface area contributed by atoms with Gasteiger partial charge in [-0.25, -0.2) is 4.79 Å². The molecular formula is C28H40O11. The van der Waals surface area contributed by atoms with Gasteiger partial charge in [-0.3, -0.25) is 14.4 Å². The van der Waals surface area contributed by atoms with Gasteiger partial charge in [-0.1, -0.05) is 20.8 Å². The van der Waals surface area contributed by atoms with Crippen molar-refractivity contribution in [1.82, 2.24) is 0 Å². The first-order valence-electron chi connectivity index (χ1n) is 13.6. The third kappa shape index (κ3) is 4.56. The van der Waals surface area contributed by atoms with Crippen molar-refractivity contribution in [2.24, 2.45) is 17.3 Å². The van der Waals surface area contributed by atoms with E-state index in [9.17, 15) is 29.4 Å². The van der Waals surface area contributed by atoms with Crippen LogP contribution in [0.3, 0.4) is 0 Å². The highest BCUT2D eigenvalue weighted by molar-refractivity contribution is 5.89. The van der Waals surface area contributed by atoms with Gasteiger partial charge in [0, 0.05) is 44.4 Å². The lowest BCUT2D eigenvalue weighted by Crippen LogP contribution is -2.66. The van der Waals surface area contributed by atoms with Crippen molar-refractivity contribution in [3.8, 4) is 0 Å². The fourth-order valence-corrected chi connectivity index (χ4v) is 7.17. The van der Waals surface area contributed by atoms with Crippen molar-refractivity contribution in [3.05, 3.63) is 11.6 Å². The molecule has 3 fully saturated rings. The molecule has 1 spiro atoms. The third-order valence-corrected chi connectivity index (χ3v) is 9.34. The molecular weight excluding hydrogens is 512 g/mol. The zero-order valence-electron chi connectivity index (χ0n) is 23.6. The number of hydrogen-bond donors (Lipinski definition) is 2. The first-order chi connectivity index (χ1) is 18.1. The molecule has 2 saturated heterocycles. The molecule has 0 aromatic carbocycles. The van der Waals surface area contributed by atoms with Crippen molar-refractivity contribution >= 4 is 23.9 Å². The molecule has 11 atom stereocenters. The number of esters is 4. The Bertz CT molecular complexity index is 1070. The number of rotatable bonds is 5. The number of carbonyl (C=O) groups excluding carboxylic acids is 4. The van der Waals surface area contributed by atoms with E-state index in [-0.39, 0.29) is 19.3 Å². The molecule has 11 nitrogen and oxygen atoms in total. The fraction of sp³-hybridized carbons (Fsp3) is 0.786. The fourth-order valence-electron chi connectivity index (χ4n) is 7.17. The lowest BCUT2D eigenvalue weighted by Gasteiger charge is -2.56. The number of aliphatic hydroxyl groups is 2. The Morgan fingerprint density at radius 3 is 2.18 bits per heavy atom. The maximum absolute atomic E-state index is 12.9. The van der Waals surface area contributed by atoms with Crippen molar-refractivity contribution < 1.29 is 53.1 Å². The lowest BCUT2D eigenvalue weighted by molar-refractivity contribution is -0.232. The number of fused-ring (bicyclic) bond motifs is 1. The van der Waals surface area contributed by atoms with Crippen molar-refractivity contribution in [2.45, 2.75) is 122 Å². The molecule has 11 unspecified atom stereocenters. The van der Waals surface area contributed by atoms with Crippen LogP contribution in [-0.2, 0) is 42.9 Å². The Morgan fingerprint density at radius 2 is 1.64 bits per heavy atom. The molecule has 11 heteroatoms. The van der Waals surface area contributed by atoms with E-state index in [1.54, 1.807) is 33.8 Å². The monoisotopic (exact) mass is 552 g/mol. The number of epoxide rings is 1. The van der Waals surface area contributed by atoms with Crippen LogP contribution in [0.5, 0.6) is 0 Å². The minimum absolute atomic E-state index is 0.0712. The zero-order valence-corrected chi connectivity index (χ0v) is 23.6. The average molecular weight is 553 g/mol. The van der Waals surface area contributed by atoms with Crippen molar-refractivity contribution in [1.29, 1.82) is 0 Å². The zero-order chi connectivity index (χ0) is 29.1. The van der Waals surface area contributed by atoms with Gasteiger partial charge in [-0.05, 0) is 37.8 Å². The molecule has 1 saturated carbocycles. The van der Waals surface area contributed by atoms with E-state index in [0.717, 1.165) is 0 Å². The minimum atomic E-state index is -1.51. The molecule has 0 bridgehead atoms. The van der Waals surface area contributed by atoms with Crippen LogP contribution in [-0.4, -0.2) is 81.9 Å². The molecule has 2 aliphatic heterocycles. The Hall–Kier alpha value is -2.50. The summed E-state index contributed by atoms with van der Waals surface area (Å²) >= 11 is 0. The predicted molar refractivity (Wildman–Crippen MR) is 134 cm³/mol. The second-order valence-corrected chi connectivity index (χ2v) is 11.8. The van der Waals surface area contributed by atoms with Gasteiger partial charge in [-0.2, -0.15) is 0 Å². The molecule has 2 heterocycles. The van der Waals surface area contributed by atoms with Crippen LogP contribution in [0.1, 0.15) is 74.1 Å². The first-order valence-corrected chi connectivity index (χ1v) is 13.6. The molecule has 4 rings (SSSR count). The summed E-state index contributed by atoms with van der Waals surface area (Å²) in [5.41, 5.74) is -3.82. The van der Waals surface area contributed by atoms with E-state index >= 15 is 0 Å². The SMILES string of the molecule is CCCC(=O)OC1CC(OC(C)=O)C2(C)C(OC(C)=O)CC(O)C(C)=CC3OC(=O)C4(C)OC34C(O)C2C1C. The Balaban J connectivity index is 1.92. The van der Waals surface area contributed by atoms with Gasteiger partial charge >= 0.3 is 23.9 Å². The average Bonchev–Trinajstić information content (AvgIpc) is 3.42. The van der Waals surface area contributed by atoms with Gasteiger partial charge in [0.1, 0.15) is 18.3 Å². The second-order valence-electron chi connectivity index (χ2n) is 11.8. The highest BCUT2D eigenvalue weighted by Crippen LogP contribution is 2.65. The van der Waals surface area contributed by atoms with Crippen LogP contribution >= 0.6 is 0 Å². The summed E-state index contributed by atoms with van der Waals surface area (Å²) in [6, 6.07) is 0. The van der Waals surface area contributed by atoms with Gasteiger partial charge < -0.3 is 33.9 Å². The van der Waals surface area contributed by atoms with Gasteiger partial charge in [0.05, 0.1) is 12.2 Å². The molecule has 4 aliphatic rings. The highest BCUT2D eigenvalue weighted by atomic mass is 16.7. The van der Waals surface area contributed by atoms with Gasteiger partial charge in [-0.15, -0.1) is 0 Å². The summed E-state index contributed by atoms with van der Waals surface area (Å²) in [5.74, 6) is -3.75. The maximum atomic E-state index is 12.9. The maximum Gasteiger partial charge on any atom is 0.342 e. The van der Waals surface area contributed by atoms with Crippen LogP contribution in [0.4, 0.5) is 0 Å². The predicted octanol–water partition coefficient (Wildman–Crippen LogP) is 1.75. The standard InChI is InChI=1S/C28H40O11/c1-8-9-22(32)37-18-12-20(36-16(5)30)26(6)19(35-15(4)29)11-17(31)13(2)10-21-28(24(33)23(26)14(18)3)27(7,39-28)25(34)38-21/h10,14,17-21,23-24,31,33H,8-9,11-12H2,1-7H3. The summed E-state index contributed by atoms with van der Waals surface area (Å²) in [7, 11) is 0. The number of carbonyl (C=O) groups is 4. The number of aliphatic hydroxyl groups excluding tert-OH is 2. The molecule has 218 valence electrons. The minimum Gasteiger partial charge on any atom is -0.462 e. The van der Waals surface area contributed by atoms with E-state index in [4.69, 9.17) is 23.7 Å². The van der Waals surface area contributed by atoms with Crippen LogP contribution < -0.4 is 0 Å². The molecule has 0 aromatic heterocycles. The largest absolute Gasteiger partial charge is 0.462 e. The molecule has 0 aromatic rings. The summed E-state index contributed by atoms with van der Waals surface area (Å²) in [6.45, 7) is 11.1. The molecule has 2 N–H and O–H groups in total. The smallest absolute Gasteiger partial charge is 0.342 e. The summed E-state index contributed by atoms with van der Waals surface area (Å²) < 4.78 is 29.1. The van der Waals surface area contributed by atoms with Crippen LogP contribution in [0.25, 0.3) is 0 Å². The van der Waals surface area contributed by atoms with Crippen LogP contribution in [0.2, 0.25) is 0 Å². The quantitative estimate of drug-likeness (QED) is 0.221. The topological polar surface area (TPSA) is 158 Å². The summed E-state index contributed by atoms with van der Waals surface area (Å²) in [6.07, 6.45) is -3.95. The second kappa shape index (κ2) is 10.2. The van der Waals surface area contributed by atoms with Gasteiger partial charge in [0.25, 0.3) is 0 Å². The van der Waals surface area contributed by atoms with Crippen molar-refractivity contribution in [3.63, 3.8) is 0 Å². The van der Waals surface area contributed by atoms with Gasteiger partial charge in [0.2, 0.25) is 0 Å². The Labute approximate surface area is 228 Å². The van der Waals surface area contributed by atoms with E-state index in [0.29, 0.717) is 12.0 Å².